The molecule has 2 atom stereocenters. The lowest BCUT2D eigenvalue weighted by atomic mass is 9.80. The van der Waals surface area contributed by atoms with Crippen LogP contribution < -0.4 is 0 Å². The molecule has 2 fully saturated rings. The lowest BCUT2D eigenvalue weighted by Gasteiger charge is -2.26. The monoisotopic (exact) mass is 180 g/mol. The second-order valence-corrected chi connectivity index (χ2v) is 5.33. The Kier molecular flexibility index (Phi) is 3.29. The van der Waals surface area contributed by atoms with E-state index < -0.39 is 0 Å². The highest BCUT2D eigenvalue weighted by Gasteiger charge is 2.25. The fraction of sp³-hybridized carbons (Fsp3) is 1.00. The summed E-state index contributed by atoms with van der Waals surface area (Å²) in [5, 5.41) is 0. The van der Waals surface area contributed by atoms with Crippen LogP contribution in [-0.4, -0.2) is 0 Å². The van der Waals surface area contributed by atoms with Gasteiger partial charge in [-0.25, -0.2) is 0 Å². The molecule has 0 aromatic carbocycles. The highest BCUT2D eigenvalue weighted by Crippen LogP contribution is 2.38. The first-order chi connectivity index (χ1) is 6.38. The summed E-state index contributed by atoms with van der Waals surface area (Å²) in [4.78, 5) is 0. The quantitative estimate of drug-likeness (QED) is 0.602. The van der Waals surface area contributed by atoms with Crippen LogP contribution in [0.5, 0.6) is 0 Å². The molecule has 0 amide bonds. The average Bonchev–Trinajstić information content (AvgIpc) is 2.49. The SMILES string of the molecule is CCC1CCC(CCC2CCC2)C1. The van der Waals surface area contributed by atoms with Crippen LogP contribution in [0.25, 0.3) is 0 Å². The maximum atomic E-state index is 2.36. The molecule has 13 heavy (non-hydrogen) atoms. The molecule has 0 aromatic rings. The van der Waals surface area contributed by atoms with E-state index in [0.29, 0.717) is 0 Å². The molecule has 0 radical (unpaired) electrons. The largest absolute Gasteiger partial charge is 0.0651 e. The molecule has 0 aromatic heterocycles. The highest BCUT2D eigenvalue weighted by molar-refractivity contribution is 4.77. The smallest absolute Gasteiger partial charge is 0.0411 e. The van der Waals surface area contributed by atoms with Crippen molar-refractivity contribution in [3.05, 3.63) is 0 Å². The van der Waals surface area contributed by atoms with Crippen molar-refractivity contribution in [3.63, 3.8) is 0 Å². The van der Waals surface area contributed by atoms with Gasteiger partial charge in [0.05, 0.1) is 0 Å². The molecule has 2 aliphatic rings. The predicted molar refractivity (Wildman–Crippen MR) is 57.7 cm³/mol. The normalized spacial score (nSPS) is 34.8. The van der Waals surface area contributed by atoms with E-state index in [0.717, 1.165) is 17.8 Å². The second-order valence-electron chi connectivity index (χ2n) is 5.33. The van der Waals surface area contributed by atoms with Crippen molar-refractivity contribution < 1.29 is 0 Å². The van der Waals surface area contributed by atoms with Gasteiger partial charge in [0.2, 0.25) is 0 Å². The third-order valence-corrected chi connectivity index (χ3v) is 4.44. The van der Waals surface area contributed by atoms with Gasteiger partial charge >= 0.3 is 0 Å². The summed E-state index contributed by atoms with van der Waals surface area (Å²) in [5.74, 6) is 3.35. The average molecular weight is 180 g/mol. The third-order valence-electron chi connectivity index (χ3n) is 4.44. The molecule has 0 N–H and O–H groups in total. The Morgan fingerprint density at radius 1 is 0.846 bits per heavy atom. The van der Waals surface area contributed by atoms with Gasteiger partial charge in [0, 0.05) is 0 Å². The lowest BCUT2D eigenvalue weighted by Crippen LogP contribution is -2.12. The van der Waals surface area contributed by atoms with Crippen molar-refractivity contribution in [1.29, 1.82) is 0 Å². The Balaban J connectivity index is 1.59. The fourth-order valence-corrected chi connectivity index (χ4v) is 3.06. The van der Waals surface area contributed by atoms with Crippen molar-refractivity contribution in [2.75, 3.05) is 0 Å². The van der Waals surface area contributed by atoms with E-state index in [1.165, 1.54) is 19.3 Å². The minimum atomic E-state index is 1.09. The van der Waals surface area contributed by atoms with Crippen LogP contribution in [0.15, 0.2) is 0 Å². The third kappa shape index (κ3) is 2.48. The minimum absolute atomic E-state index is 1.09. The maximum Gasteiger partial charge on any atom is -0.0411 e. The van der Waals surface area contributed by atoms with E-state index in [2.05, 4.69) is 6.92 Å². The van der Waals surface area contributed by atoms with Gasteiger partial charge in [-0.15, -0.1) is 0 Å². The molecule has 0 nitrogen and oxygen atoms in total. The molecule has 2 saturated carbocycles. The number of hydrogen-bond acceptors (Lipinski definition) is 0. The molecule has 2 unspecified atom stereocenters. The Bertz CT molecular complexity index is 146. The molecule has 0 saturated heterocycles. The van der Waals surface area contributed by atoms with Gasteiger partial charge in [0.25, 0.3) is 0 Å². The maximum absolute atomic E-state index is 2.36. The lowest BCUT2D eigenvalue weighted by molar-refractivity contribution is 0.268. The summed E-state index contributed by atoms with van der Waals surface area (Å²) in [6.07, 6.45) is 13.8. The molecule has 2 aliphatic carbocycles. The summed E-state index contributed by atoms with van der Waals surface area (Å²) in [6, 6.07) is 0. The molecule has 0 heterocycles. The summed E-state index contributed by atoms with van der Waals surface area (Å²) in [6.45, 7) is 2.36. The van der Waals surface area contributed by atoms with Gasteiger partial charge in [0.1, 0.15) is 0 Å². The first kappa shape index (κ1) is 9.55. The van der Waals surface area contributed by atoms with E-state index >= 15 is 0 Å². The van der Waals surface area contributed by atoms with Gasteiger partial charge in [-0.05, 0) is 24.2 Å². The molecular formula is C13H24. The van der Waals surface area contributed by atoms with Gasteiger partial charge in [-0.3, -0.25) is 0 Å². The first-order valence-electron chi connectivity index (χ1n) is 6.38. The Hall–Kier alpha value is 0. The van der Waals surface area contributed by atoms with Crippen molar-refractivity contribution >= 4 is 0 Å². The van der Waals surface area contributed by atoms with Crippen LogP contribution in [0.1, 0.15) is 64.7 Å². The zero-order valence-electron chi connectivity index (χ0n) is 9.10. The molecule has 76 valence electrons. The van der Waals surface area contributed by atoms with E-state index in [1.807, 2.05) is 0 Å². The van der Waals surface area contributed by atoms with E-state index in [9.17, 15) is 0 Å². The van der Waals surface area contributed by atoms with Gasteiger partial charge < -0.3 is 0 Å². The van der Waals surface area contributed by atoms with Gasteiger partial charge in [-0.2, -0.15) is 0 Å². The van der Waals surface area contributed by atoms with E-state index in [1.54, 1.807) is 38.5 Å². The highest BCUT2D eigenvalue weighted by atomic mass is 14.3. The van der Waals surface area contributed by atoms with Crippen LogP contribution in [0.4, 0.5) is 0 Å². The molecule has 0 bridgehead atoms. The van der Waals surface area contributed by atoms with Crippen LogP contribution in [0, 0.1) is 17.8 Å². The molecule has 0 aliphatic heterocycles. The van der Waals surface area contributed by atoms with Gasteiger partial charge in [-0.1, -0.05) is 58.3 Å². The Morgan fingerprint density at radius 3 is 2.08 bits per heavy atom. The fourth-order valence-electron chi connectivity index (χ4n) is 3.06. The zero-order valence-corrected chi connectivity index (χ0v) is 9.10. The van der Waals surface area contributed by atoms with Crippen molar-refractivity contribution in [3.8, 4) is 0 Å². The van der Waals surface area contributed by atoms with Crippen LogP contribution in [0.2, 0.25) is 0 Å². The second kappa shape index (κ2) is 4.48. The van der Waals surface area contributed by atoms with Crippen LogP contribution in [0.3, 0.4) is 0 Å². The van der Waals surface area contributed by atoms with Crippen LogP contribution >= 0.6 is 0 Å². The topological polar surface area (TPSA) is 0 Å². The van der Waals surface area contributed by atoms with Crippen LogP contribution in [-0.2, 0) is 0 Å². The Morgan fingerprint density at radius 2 is 1.54 bits per heavy atom. The summed E-state index contributed by atoms with van der Waals surface area (Å²) in [7, 11) is 0. The first-order valence-corrected chi connectivity index (χ1v) is 6.38. The van der Waals surface area contributed by atoms with Crippen molar-refractivity contribution in [2.24, 2.45) is 17.8 Å². The molecule has 0 spiro atoms. The van der Waals surface area contributed by atoms with E-state index in [4.69, 9.17) is 0 Å². The summed E-state index contributed by atoms with van der Waals surface area (Å²) >= 11 is 0. The molecule has 2 rings (SSSR count). The van der Waals surface area contributed by atoms with Crippen molar-refractivity contribution in [2.45, 2.75) is 64.7 Å². The number of rotatable bonds is 4. The standard InChI is InChI=1S/C13H24/c1-2-11-6-8-13(10-11)9-7-12-4-3-5-12/h11-13H,2-10H2,1H3. The number of hydrogen-bond donors (Lipinski definition) is 0. The van der Waals surface area contributed by atoms with Gasteiger partial charge in [0.15, 0.2) is 0 Å². The molecule has 0 heteroatoms. The zero-order chi connectivity index (χ0) is 9.10. The summed E-state index contributed by atoms with van der Waals surface area (Å²) < 4.78 is 0. The Labute approximate surface area is 83.1 Å². The van der Waals surface area contributed by atoms with Crippen molar-refractivity contribution in [1.82, 2.24) is 0 Å². The summed E-state index contributed by atoms with van der Waals surface area (Å²) in [5.41, 5.74) is 0. The minimum Gasteiger partial charge on any atom is -0.0651 e. The van der Waals surface area contributed by atoms with E-state index in [-0.39, 0.29) is 0 Å². The molecular weight excluding hydrogens is 156 g/mol. The predicted octanol–water partition coefficient (Wildman–Crippen LogP) is 4.39.